The molecule has 0 saturated heterocycles. The number of amides is 1. The fraction of sp³-hybridized carbons (Fsp3) is 0.538. The Morgan fingerprint density at radius 3 is 2.55 bits per heavy atom. The molecule has 1 amide bonds. The van der Waals surface area contributed by atoms with E-state index in [0.717, 1.165) is 18.7 Å². The Balaban J connectivity index is 2.34. The van der Waals surface area contributed by atoms with E-state index in [0.29, 0.717) is 18.9 Å². The quantitative estimate of drug-likeness (QED) is 0.792. The van der Waals surface area contributed by atoms with Crippen LogP contribution in [0.3, 0.4) is 0 Å². The summed E-state index contributed by atoms with van der Waals surface area (Å²) in [6.07, 6.45) is -2.84. The van der Waals surface area contributed by atoms with Gasteiger partial charge in [-0.2, -0.15) is 13.2 Å². The van der Waals surface area contributed by atoms with Gasteiger partial charge in [-0.05, 0) is 18.6 Å². The molecule has 0 saturated carbocycles. The maximum atomic E-state index is 12.3. The molecule has 20 heavy (non-hydrogen) atoms. The first kappa shape index (κ1) is 16.3. The Morgan fingerprint density at radius 1 is 1.35 bits per heavy atom. The molecule has 0 unspecified atom stereocenters. The van der Waals surface area contributed by atoms with E-state index in [1.807, 2.05) is 13.8 Å². The summed E-state index contributed by atoms with van der Waals surface area (Å²) < 4.78 is 36.9. The fourth-order valence-electron chi connectivity index (χ4n) is 1.40. The zero-order valence-corrected chi connectivity index (χ0v) is 11.4. The Labute approximate surface area is 115 Å². The molecule has 0 aromatic carbocycles. The van der Waals surface area contributed by atoms with Crippen LogP contribution in [0.2, 0.25) is 0 Å². The largest absolute Gasteiger partial charge is 0.417 e. The van der Waals surface area contributed by atoms with Crippen LogP contribution in [0, 0.1) is 5.92 Å². The predicted molar refractivity (Wildman–Crippen MR) is 70.2 cm³/mol. The lowest BCUT2D eigenvalue weighted by molar-refractivity contribution is -0.137. The SMILES string of the molecule is CC[C@@H](C)C(=O)NCCNc1ccc(C(F)(F)F)cn1. The first-order valence-electron chi connectivity index (χ1n) is 6.39. The highest BCUT2D eigenvalue weighted by Gasteiger charge is 2.30. The molecule has 2 N–H and O–H groups in total. The highest BCUT2D eigenvalue weighted by atomic mass is 19.4. The van der Waals surface area contributed by atoms with Gasteiger partial charge in [-0.1, -0.05) is 13.8 Å². The van der Waals surface area contributed by atoms with Gasteiger partial charge in [-0.25, -0.2) is 4.98 Å². The minimum absolute atomic E-state index is 0.0327. The van der Waals surface area contributed by atoms with E-state index in [9.17, 15) is 18.0 Å². The van der Waals surface area contributed by atoms with Crippen molar-refractivity contribution in [1.29, 1.82) is 0 Å². The number of hydrogen-bond donors (Lipinski definition) is 2. The van der Waals surface area contributed by atoms with E-state index in [1.165, 1.54) is 6.07 Å². The first-order chi connectivity index (χ1) is 9.34. The summed E-state index contributed by atoms with van der Waals surface area (Å²) in [6, 6.07) is 2.23. The molecule has 1 aromatic rings. The molecule has 0 spiro atoms. The van der Waals surface area contributed by atoms with Gasteiger partial charge in [0.25, 0.3) is 0 Å². The average Bonchev–Trinajstić information content (AvgIpc) is 2.42. The molecule has 112 valence electrons. The smallest absolute Gasteiger partial charge is 0.368 e. The van der Waals surface area contributed by atoms with Gasteiger partial charge in [-0.15, -0.1) is 0 Å². The Morgan fingerprint density at radius 2 is 2.05 bits per heavy atom. The van der Waals surface area contributed by atoms with Crippen LogP contribution in [-0.4, -0.2) is 24.0 Å². The number of aromatic nitrogens is 1. The van der Waals surface area contributed by atoms with Crippen LogP contribution in [0.1, 0.15) is 25.8 Å². The molecule has 1 atom stereocenters. The molecule has 0 bridgehead atoms. The van der Waals surface area contributed by atoms with E-state index in [4.69, 9.17) is 0 Å². The van der Waals surface area contributed by atoms with E-state index in [2.05, 4.69) is 15.6 Å². The van der Waals surface area contributed by atoms with E-state index >= 15 is 0 Å². The van der Waals surface area contributed by atoms with Gasteiger partial charge in [0.15, 0.2) is 0 Å². The molecule has 1 aromatic heterocycles. The molecule has 0 fully saturated rings. The van der Waals surface area contributed by atoms with Crippen LogP contribution in [0.25, 0.3) is 0 Å². The van der Waals surface area contributed by atoms with E-state index in [-0.39, 0.29) is 11.8 Å². The molecule has 7 heteroatoms. The third-order valence-corrected chi connectivity index (χ3v) is 2.88. The summed E-state index contributed by atoms with van der Waals surface area (Å²) in [6.45, 7) is 4.56. The van der Waals surface area contributed by atoms with Crippen molar-refractivity contribution in [3.63, 3.8) is 0 Å². The second-order valence-corrected chi connectivity index (χ2v) is 4.46. The van der Waals surface area contributed by atoms with Crippen molar-refractivity contribution in [1.82, 2.24) is 10.3 Å². The maximum Gasteiger partial charge on any atom is 0.417 e. The molecular weight excluding hydrogens is 271 g/mol. The number of nitrogens with zero attached hydrogens (tertiary/aromatic N) is 1. The summed E-state index contributed by atoms with van der Waals surface area (Å²) in [7, 11) is 0. The number of alkyl halides is 3. The Bertz CT molecular complexity index is 431. The molecule has 0 aliphatic rings. The Hall–Kier alpha value is -1.79. The maximum absolute atomic E-state index is 12.3. The van der Waals surface area contributed by atoms with Crippen LogP contribution < -0.4 is 10.6 Å². The topological polar surface area (TPSA) is 54.0 Å². The van der Waals surface area contributed by atoms with Gasteiger partial charge in [0, 0.05) is 25.2 Å². The average molecular weight is 289 g/mol. The number of halogens is 3. The number of rotatable bonds is 6. The number of hydrogen-bond acceptors (Lipinski definition) is 3. The lowest BCUT2D eigenvalue weighted by atomic mass is 10.1. The summed E-state index contributed by atoms with van der Waals surface area (Å²) >= 11 is 0. The Kier molecular flexibility index (Phi) is 5.79. The van der Waals surface area contributed by atoms with Crippen molar-refractivity contribution < 1.29 is 18.0 Å². The standard InChI is InChI=1S/C13H18F3N3O/c1-3-9(2)12(20)18-7-6-17-11-5-4-10(8-19-11)13(14,15)16/h4-5,8-9H,3,6-7H2,1-2H3,(H,17,19)(H,18,20)/t9-/m1/s1. The summed E-state index contributed by atoms with van der Waals surface area (Å²) in [5.41, 5.74) is -0.784. The summed E-state index contributed by atoms with van der Waals surface area (Å²) in [4.78, 5) is 15.1. The van der Waals surface area contributed by atoms with Crippen molar-refractivity contribution in [2.75, 3.05) is 18.4 Å². The molecule has 1 heterocycles. The van der Waals surface area contributed by atoms with Crippen molar-refractivity contribution in [2.24, 2.45) is 5.92 Å². The lowest BCUT2D eigenvalue weighted by Gasteiger charge is -2.11. The van der Waals surface area contributed by atoms with E-state index in [1.54, 1.807) is 0 Å². The third kappa shape index (κ3) is 5.07. The minimum Gasteiger partial charge on any atom is -0.368 e. The zero-order chi connectivity index (χ0) is 15.2. The third-order valence-electron chi connectivity index (χ3n) is 2.88. The molecule has 1 rings (SSSR count). The number of carbonyl (C=O) groups is 1. The number of nitrogens with one attached hydrogen (secondary N) is 2. The first-order valence-corrected chi connectivity index (χ1v) is 6.39. The second-order valence-electron chi connectivity index (χ2n) is 4.46. The fourth-order valence-corrected chi connectivity index (χ4v) is 1.40. The summed E-state index contributed by atoms with van der Waals surface area (Å²) in [5, 5.41) is 5.57. The van der Waals surface area contributed by atoms with Crippen LogP contribution >= 0.6 is 0 Å². The highest BCUT2D eigenvalue weighted by Crippen LogP contribution is 2.28. The van der Waals surface area contributed by atoms with Gasteiger partial charge >= 0.3 is 6.18 Å². The van der Waals surface area contributed by atoms with Gasteiger partial charge in [0.05, 0.1) is 5.56 Å². The van der Waals surface area contributed by atoms with Crippen molar-refractivity contribution >= 4 is 11.7 Å². The van der Waals surface area contributed by atoms with Crippen LogP contribution in [0.5, 0.6) is 0 Å². The van der Waals surface area contributed by atoms with Gasteiger partial charge in [0.1, 0.15) is 5.82 Å². The highest BCUT2D eigenvalue weighted by molar-refractivity contribution is 5.78. The van der Waals surface area contributed by atoms with Gasteiger partial charge < -0.3 is 10.6 Å². The number of pyridine rings is 1. The van der Waals surface area contributed by atoms with Crippen LogP contribution in [-0.2, 0) is 11.0 Å². The zero-order valence-electron chi connectivity index (χ0n) is 11.4. The number of anilines is 1. The molecule has 0 aliphatic carbocycles. The van der Waals surface area contributed by atoms with Crippen molar-refractivity contribution in [3.05, 3.63) is 23.9 Å². The van der Waals surface area contributed by atoms with Crippen LogP contribution in [0.15, 0.2) is 18.3 Å². The lowest BCUT2D eigenvalue weighted by Crippen LogP contribution is -2.32. The van der Waals surface area contributed by atoms with Gasteiger partial charge in [-0.3, -0.25) is 4.79 Å². The molecule has 0 aliphatic heterocycles. The monoisotopic (exact) mass is 289 g/mol. The normalized spacial score (nSPS) is 12.8. The molecule has 0 radical (unpaired) electrons. The van der Waals surface area contributed by atoms with Gasteiger partial charge in [0.2, 0.25) is 5.91 Å². The molecule has 4 nitrogen and oxygen atoms in total. The number of carbonyl (C=O) groups excluding carboxylic acids is 1. The van der Waals surface area contributed by atoms with Crippen molar-refractivity contribution in [3.8, 4) is 0 Å². The minimum atomic E-state index is -4.38. The predicted octanol–water partition coefficient (Wildman–Crippen LogP) is 2.67. The summed E-state index contributed by atoms with van der Waals surface area (Å²) in [5.74, 6) is 0.268. The van der Waals surface area contributed by atoms with Crippen LogP contribution in [0.4, 0.5) is 19.0 Å². The van der Waals surface area contributed by atoms with E-state index < -0.39 is 11.7 Å². The molecular formula is C13H18F3N3O. The van der Waals surface area contributed by atoms with Crippen molar-refractivity contribution in [2.45, 2.75) is 26.4 Å². The second kappa shape index (κ2) is 7.12.